The van der Waals surface area contributed by atoms with Crippen molar-refractivity contribution >= 4 is 29.7 Å². The van der Waals surface area contributed by atoms with Gasteiger partial charge in [0.15, 0.2) is 29.1 Å². The lowest BCUT2D eigenvalue weighted by Gasteiger charge is -2.52. The fraction of sp³-hybridized carbons (Fsp3) is 0.595. The van der Waals surface area contributed by atoms with E-state index in [9.17, 15) is 29.1 Å². The van der Waals surface area contributed by atoms with E-state index in [0.29, 0.717) is 43.1 Å². The van der Waals surface area contributed by atoms with Gasteiger partial charge in [0.25, 0.3) is 0 Å². The molecule has 14 heteroatoms. The summed E-state index contributed by atoms with van der Waals surface area (Å²) in [5, 5.41) is 15.2. The number of unbranched alkanes of at least 4 members (excludes halogenated alkanes) is 1. The van der Waals surface area contributed by atoms with Crippen molar-refractivity contribution in [2.75, 3.05) is 46.9 Å². The molecule has 2 aliphatic carbocycles. The molecule has 0 radical (unpaired) electrons. The Morgan fingerprint density at radius 1 is 1.14 bits per heavy atom. The van der Waals surface area contributed by atoms with E-state index in [-0.39, 0.29) is 62.5 Å². The predicted molar refractivity (Wildman–Crippen MR) is 185 cm³/mol. The second-order valence-corrected chi connectivity index (χ2v) is 14.4. The van der Waals surface area contributed by atoms with Crippen LogP contribution in [0.25, 0.3) is 0 Å². The molecule has 2 bridgehead atoms. The maximum atomic E-state index is 14.1. The highest BCUT2D eigenvalue weighted by molar-refractivity contribution is 5.89. The minimum atomic E-state index is -0.967. The quantitative estimate of drug-likeness (QED) is 0.207. The van der Waals surface area contributed by atoms with Gasteiger partial charge >= 0.3 is 12.1 Å². The SMILES string of the molecule is COc1ccc2c3c1OC1C(OC(=O)N4CCC(C(=O)O)CC4CNC(=O)[C@H](CCCCN)CC(=O)CNC(C)=O)=CC=C4[C@@H](C2)N(C)CC[C@]431. The highest BCUT2D eigenvalue weighted by atomic mass is 16.6. The summed E-state index contributed by atoms with van der Waals surface area (Å²) in [5.74, 6) is -1.65. The molecule has 2 saturated heterocycles. The van der Waals surface area contributed by atoms with E-state index < -0.39 is 41.5 Å². The lowest BCUT2D eigenvalue weighted by atomic mass is 9.57. The summed E-state index contributed by atoms with van der Waals surface area (Å²) < 4.78 is 18.6. The fourth-order valence-electron chi connectivity index (χ4n) is 8.67. The van der Waals surface area contributed by atoms with Gasteiger partial charge in [-0.3, -0.25) is 24.1 Å². The first kappa shape index (κ1) is 36.4. The van der Waals surface area contributed by atoms with Crippen molar-refractivity contribution in [3.63, 3.8) is 0 Å². The summed E-state index contributed by atoms with van der Waals surface area (Å²) in [5.41, 5.74) is 8.68. The van der Waals surface area contributed by atoms with Gasteiger partial charge in [-0.25, -0.2) is 4.79 Å². The monoisotopic (exact) mass is 707 g/mol. The molecule has 3 heterocycles. The maximum absolute atomic E-state index is 14.1. The normalized spacial score (nSPS) is 26.5. The van der Waals surface area contributed by atoms with Crippen molar-refractivity contribution < 1.29 is 43.3 Å². The first-order chi connectivity index (χ1) is 24.5. The summed E-state index contributed by atoms with van der Waals surface area (Å²) in [6, 6.07) is 3.55. The first-order valence-corrected chi connectivity index (χ1v) is 17.9. The molecule has 6 rings (SSSR count). The number of nitrogens with one attached hydrogen (secondary N) is 2. The van der Waals surface area contributed by atoms with Crippen molar-refractivity contribution in [3.05, 3.63) is 46.7 Å². The molecule has 3 unspecified atom stereocenters. The second kappa shape index (κ2) is 15.0. The lowest BCUT2D eigenvalue weighted by molar-refractivity contribution is -0.144. The number of carboxylic acids is 1. The summed E-state index contributed by atoms with van der Waals surface area (Å²) in [7, 11) is 3.74. The summed E-state index contributed by atoms with van der Waals surface area (Å²) >= 11 is 0. The van der Waals surface area contributed by atoms with Crippen LogP contribution in [0.1, 0.15) is 63.0 Å². The molecule has 3 aliphatic heterocycles. The van der Waals surface area contributed by atoms with Crippen LogP contribution in [0.2, 0.25) is 0 Å². The number of hydrogen-bond donors (Lipinski definition) is 4. The van der Waals surface area contributed by atoms with Crippen LogP contribution in [0.4, 0.5) is 4.79 Å². The third-order valence-corrected chi connectivity index (χ3v) is 11.3. The van der Waals surface area contributed by atoms with Gasteiger partial charge < -0.3 is 40.6 Å². The van der Waals surface area contributed by atoms with Crippen molar-refractivity contribution in [2.24, 2.45) is 17.6 Å². The van der Waals surface area contributed by atoms with E-state index in [1.165, 1.54) is 23.0 Å². The Kier molecular flexibility index (Phi) is 10.7. The molecule has 0 saturated carbocycles. The number of ketones is 1. The second-order valence-electron chi connectivity index (χ2n) is 14.4. The maximum Gasteiger partial charge on any atom is 0.415 e. The number of benzene rings is 1. The van der Waals surface area contributed by atoms with Crippen LogP contribution in [-0.4, -0.2) is 110 Å². The van der Waals surface area contributed by atoms with Crippen molar-refractivity contribution in [2.45, 2.75) is 81.9 Å². The molecule has 14 nitrogen and oxygen atoms in total. The number of ether oxygens (including phenoxy) is 3. The number of carboxylic acid groups (broad SMARTS) is 1. The highest BCUT2D eigenvalue weighted by Gasteiger charge is 2.62. The van der Waals surface area contributed by atoms with Gasteiger partial charge in [-0.15, -0.1) is 0 Å². The van der Waals surface area contributed by atoms with E-state index in [1.807, 2.05) is 12.1 Å². The predicted octanol–water partition coefficient (Wildman–Crippen LogP) is 2.04. The number of piperidine rings is 2. The van der Waals surface area contributed by atoms with Crippen LogP contribution in [0.5, 0.6) is 11.5 Å². The molecular formula is C37H49N5O9. The number of allylic oxidation sites excluding steroid dienone is 2. The van der Waals surface area contributed by atoms with E-state index in [4.69, 9.17) is 19.9 Å². The first-order valence-electron chi connectivity index (χ1n) is 17.9. The third-order valence-electron chi connectivity index (χ3n) is 11.3. The molecule has 1 aromatic carbocycles. The number of nitrogens with zero attached hydrogens (tertiary/aromatic N) is 2. The third kappa shape index (κ3) is 6.95. The number of aliphatic carboxylic acids is 1. The number of amides is 3. The summed E-state index contributed by atoms with van der Waals surface area (Å²) in [6.07, 6.45) is 6.30. The number of methoxy groups -OCH3 is 1. The van der Waals surface area contributed by atoms with Crippen LogP contribution in [0.3, 0.4) is 0 Å². The van der Waals surface area contributed by atoms with Gasteiger partial charge in [0.05, 0.1) is 31.0 Å². The molecule has 51 heavy (non-hydrogen) atoms. The Labute approximate surface area is 297 Å². The van der Waals surface area contributed by atoms with Crippen molar-refractivity contribution in [1.82, 2.24) is 20.4 Å². The molecule has 1 aromatic rings. The topological polar surface area (TPSA) is 190 Å². The number of hydrogen-bond acceptors (Lipinski definition) is 10. The molecular weight excluding hydrogens is 658 g/mol. The minimum absolute atomic E-state index is 0.0159. The Morgan fingerprint density at radius 3 is 2.67 bits per heavy atom. The molecule has 2 fully saturated rings. The van der Waals surface area contributed by atoms with Crippen molar-refractivity contribution in [1.29, 1.82) is 0 Å². The Bertz CT molecular complexity index is 1640. The van der Waals surface area contributed by atoms with Gasteiger partial charge in [-0.2, -0.15) is 0 Å². The Balaban J connectivity index is 1.20. The molecule has 5 N–H and O–H groups in total. The lowest BCUT2D eigenvalue weighted by Crippen LogP contribution is -2.59. The standard InChI is InChI=1S/C37H49N5O9/c1-21(43)39-20-26(44)17-23(6-4-5-13-38)34(45)40-19-25-16-24(35(46)47)11-14-42(25)36(48)50-30-10-8-27-28-18-22-7-9-29(49-3)32-31(22)37(27,33(30)51-32)12-15-41(28)2/h7-10,23-25,28,33H,4-6,11-20,38H2,1-3H3,(H,39,43)(H,40,45)(H,46,47)/t23-,24?,25?,28-,33?,37+/m1/s1. The molecule has 276 valence electrons. The average molecular weight is 708 g/mol. The van der Waals surface area contributed by atoms with Crippen LogP contribution in [-0.2, 0) is 35.8 Å². The number of likely N-dealkylation sites (tertiary alicyclic amines) is 2. The van der Waals surface area contributed by atoms with Crippen LogP contribution < -0.4 is 25.8 Å². The van der Waals surface area contributed by atoms with E-state index in [2.05, 4.69) is 34.7 Å². The van der Waals surface area contributed by atoms with E-state index >= 15 is 0 Å². The smallest absolute Gasteiger partial charge is 0.415 e. The number of carbonyl (C=O) groups is 5. The van der Waals surface area contributed by atoms with Gasteiger partial charge in [-0.1, -0.05) is 18.6 Å². The van der Waals surface area contributed by atoms with Gasteiger partial charge in [0.1, 0.15) is 0 Å². The average Bonchev–Trinajstić information content (AvgIpc) is 3.47. The van der Waals surface area contributed by atoms with Crippen molar-refractivity contribution in [3.8, 4) is 11.5 Å². The molecule has 6 atom stereocenters. The Morgan fingerprint density at radius 2 is 1.94 bits per heavy atom. The van der Waals surface area contributed by atoms with E-state index in [0.717, 1.165) is 24.9 Å². The summed E-state index contributed by atoms with van der Waals surface area (Å²) in [6.45, 7) is 2.54. The van der Waals surface area contributed by atoms with Gasteiger partial charge in [-0.05, 0) is 81.9 Å². The van der Waals surface area contributed by atoms with E-state index in [1.54, 1.807) is 7.11 Å². The highest BCUT2D eigenvalue weighted by Crippen LogP contribution is 2.62. The summed E-state index contributed by atoms with van der Waals surface area (Å²) in [4.78, 5) is 67.3. The number of likely N-dealkylation sites (N-methyl/N-ethyl adjacent to an activating group) is 1. The minimum Gasteiger partial charge on any atom is -0.493 e. The van der Waals surface area contributed by atoms with Crippen LogP contribution in [0, 0.1) is 11.8 Å². The zero-order chi connectivity index (χ0) is 36.4. The zero-order valence-electron chi connectivity index (χ0n) is 29.6. The van der Waals surface area contributed by atoms with Crippen LogP contribution >= 0.6 is 0 Å². The van der Waals surface area contributed by atoms with Crippen LogP contribution in [0.15, 0.2) is 35.6 Å². The number of nitrogens with two attached hydrogens (primary N) is 1. The largest absolute Gasteiger partial charge is 0.493 e. The molecule has 0 aromatic heterocycles. The van der Waals surface area contributed by atoms with Gasteiger partial charge in [0, 0.05) is 44.0 Å². The number of Topliss-reactive ketones (excluding diaryl/α,β-unsaturated/α-hetero) is 1. The molecule has 5 aliphatic rings. The number of carbonyl (C=O) groups excluding carboxylic acids is 4. The zero-order valence-corrected chi connectivity index (χ0v) is 29.6. The number of rotatable bonds is 14. The Hall–Kier alpha value is -4.43. The van der Waals surface area contributed by atoms with Gasteiger partial charge in [0.2, 0.25) is 11.8 Å². The fourth-order valence-corrected chi connectivity index (χ4v) is 8.67. The molecule has 1 spiro atoms. The molecule has 3 amide bonds.